The lowest BCUT2D eigenvalue weighted by atomic mass is 10.4. The minimum atomic E-state index is 0.559. The van der Waals surface area contributed by atoms with E-state index in [0.29, 0.717) is 5.15 Å². The smallest absolute Gasteiger partial charge is 0.228 e. The Kier molecular flexibility index (Phi) is 3.05. The third-order valence-electron chi connectivity index (χ3n) is 3.49. The van der Waals surface area contributed by atoms with Crippen molar-refractivity contribution >= 4 is 23.4 Å². The molecule has 1 aromatic heterocycles. The average Bonchev–Trinajstić information content (AvgIpc) is 3.02. The van der Waals surface area contributed by atoms with Crippen molar-refractivity contribution in [1.29, 1.82) is 0 Å². The van der Waals surface area contributed by atoms with Crippen LogP contribution in [0.25, 0.3) is 0 Å². The summed E-state index contributed by atoms with van der Waals surface area (Å²) in [7, 11) is 0. The molecule has 3 heterocycles. The summed E-state index contributed by atoms with van der Waals surface area (Å²) in [5.74, 6) is 1.79. The highest BCUT2D eigenvalue weighted by Crippen LogP contribution is 2.25. The van der Waals surface area contributed by atoms with Gasteiger partial charge in [-0.3, -0.25) is 0 Å². The number of hydrogen-bond donors (Lipinski definition) is 0. The predicted octanol–water partition coefficient (Wildman–Crippen LogP) is 2.33. The molecule has 0 saturated carbocycles. The molecule has 2 saturated heterocycles. The first kappa shape index (κ1) is 11.1. The van der Waals surface area contributed by atoms with E-state index in [1.165, 1.54) is 25.7 Å². The molecule has 0 spiro atoms. The molecule has 0 radical (unpaired) electrons. The van der Waals surface area contributed by atoms with Crippen LogP contribution in [0.3, 0.4) is 0 Å². The summed E-state index contributed by atoms with van der Waals surface area (Å²) in [5, 5.41) is 0.559. The number of anilines is 2. The summed E-state index contributed by atoms with van der Waals surface area (Å²) in [5.41, 5.74) is 0. The van der Waals surface area contributed by atoms with Gasteiger partial charge in [0.25, 0.3) is 0 Å². The van der Waals surface area contributed by atoms with Crippen molar-refractivity contribution in [3.8, 4) is 0 Å². The fourth-order valence-corrected chi connectivity index (χ4v) is 2.73. The normalized spacial score (nSPS) is 20.3. The van der Waals surface area contributed by atoms with Gasteiger partial charge >= 0.3 is 0 Å². The largest absolute Gasteiger partial charge is 0.356 e. The van der Waals surface area contributed by atoms with Gasteiger partial charge in [0, 0.05) is 32.2 Å². The maximum Gasteiger partial charge on any atom is 0.228 e. The van der Waals surface area contributed by atoms with Crippen molar-refractivity contribution < 1.29 is 0 Å². The highest BCUT2D eigenvalue weighted by Gasteiger charge is 2.19. The number of nitrogens with zero attached hydrogens (tertiary/aromatic N) is 4. The topological polar surface area (TPSA) is 32.3 Å². The van der Waals surface area contributed by atoms with Crippen LogP contribution in [0.1, 0.15) is 25.7 Å². The molecule has 2 aliphatic heterocycles. The van der Waals surface area contributed by atoms with E-state index in [4.69, 9.17) is 11.6 Å². The van der Waals surface area contributed by atoms with Gasteiger partial charge in [-0.1, -0.05) is 11.6 Å². The van der Waals surface area contributed by atoms with Crippen molar-refractivity contribution in [3.63, 3.8) is 0 Å². The Bertz CT molecular complexity index is 363. The van der Waals surface area contributed by atoms with Gasteiger partial charge in [0.2, 0.25) is 5.95 Å². The lowest BCUT2D eigenvalue weighted by Gasteiger charge is -2.20. The maximum absolute atomic E-state index is 6.10. The van der Waals surface area contributed by atoms with Gasteiger partial charge < -0.3 is 9.80 Å². The Morgan fingerprint density at radius 3 is 2.12 bits per heavy atom. The molecule has 0 bridgehead atoms. The average molecular weight is 255 g/mol. The molecular formula is C12H17ClN4. The molecule has 4 nitrogen and oxygen atoms in total. The van der Waals surface area contributed by atoms with Gasteiger partial charge in [0.15, 0.2) is 0 Å². The van der Waals surface area contributed by atoms with Crippen LogP contribution in [-0.4, -0.2) is 36.1 Å². The lowest BCUT2D eigenvalue weighted by Crippen LogP contribution is -2.24. The van der Waals surface area contributed by atoms with E-state index in [0.717, 1.165) is 37.9 Å². The van der Waals surface area contributed by atoms with Crippen LogP contribution in [0.4, 0.5) is 11.8 Å². The van der Waals surface area contributed by atoms with Crippen molar-refractivity contribution in [3.05, 3.63) is 11.2 Å². The SMILES string of the molecule is Clc1[13cH]c(N2CCCC2)n[13c](N2CCCC2)n1. The minimum absolute atomic E-state index is 0.559. The van der Waals surface area contributed by atoms with Crippen LogP contribution >= 0.6 is 11.6 Å². The fraction of sp³-hybridized carbons (Fsp3) is 0.667. The zero-order valence-corrected chi connectivity index (χ0v) is 10.7. The molecule has 1 aromatic rings. The molecular weight excluding hydrogens is 238 g/mol. The van der Waals surface area contributed by atoms with Crippen LogP contribution in [0.5, 0.6) is 0 Å². The highest BCUT2D eigenvalue weighted by molar-refractivity contribution is 6.29. The second-order valence-corrected chi connectivity index (χ2v) is 5.12. The number of halogens is 1. The molecule has 2 aliphatic rings. The summed E-state index contributed by atoms with van der Waals surface area (Å²) in [6, 6.07) is 1.88. The van der Waals surface area contributed by atoms with Crippen molar-refractivity contribution in [1.82, 2.24) is 9.97 Å². The fourth-order valence-electron chi connectivity index (χ4n) is 2.56. The summed E-state index contributed by atoms with van der Waals surface area (Å²) in [6.07, 6.45) is 4.96. The van der Waals surface area contributed by atoms with Crippen LogP contribution < -0.4 is 9.80 Å². The zero-order valence-electron chi connectivity index (χ0n) is 9.90. The first-order chi connectivity index (χ1) is 8.33. The second kappa shape index (κ2) is 4.69. The third-order valence-corrected chi connectivity index (χ3v) is 3.68. The summed E-state index contributed by atoms with van der Waals surface area (Å²) < 4.78 is 0. The molecule has 3 rings (SSSR count). The van der Waals surface area contributed by atoms with Crippen molar-refractivity contribution in [2.75, 3.05) is 36.0 Å². The van der Waals surface area contributed by atoms with Gasteiger partial charge in [-0.25, -0.2) is 4.98 Å². The van der Waals surface area contributed by atoms with Crippen molar-refractivity contribution in [2.45, 2.75) is 25.7 Å². The van der Waals surface area contributed by atoms with E-state index in [1.54, 1.807) is 0 Å². The third kappa shape index (κ3) is 2.32. The molecule has 0 aromatic carbocycles. The summed E-state index contributed by atoms with van der Waals surface area (Å²) >= 11 is 6.10. The van der Waals surface area contributed by atoms with Gasteiger partial charge in [-0.15, -0.1) is 0 Å². The standard InChI is InChI=1S/C12H17ClN4/c13-10-9-11(16-5-1-2-6-16)15-12(14-10)17-7-3-4-8-17/h9H,1-8H2/i9+1,12+1. The van der Waals surface area contributed by atoms with E-state index in [1.807, 2.05) is 6.07 Å². The quantitative estimate of drug-likeness (QED) is 0.759. The molecule has 92 valence electrons. The minimum Gasteiger partial charge on any atom is -0.356 e. The zero-order chi connectivity index (χ0) is 11.7. The van der Waals surface area contributed by atoms with Crippen LogP contribution in [-0.2, 0) is 0 Å². The van der Waals surface area contributed by atoms with Gasteiger partial charge in [0.1, 0.15) is 11.0 Å². The maximum atomic E-state index is 6.10. The Balaban J connectivity index is 1.88. The molecule has 0 unspecified atom stereocenters. The number of aromatic nitrogens is 2. The summed E-state index contributed by atoms with van der Waals surface area (Å²) in [4.78, 5) is 13.5. The van der Waals surface area contributed by atoms with E-state index in [9.17, 15) is 0 Å². The van der Waals surface area contributed by atoms with Crippen LogP contribution in [0.15, 0.2) is 6.07 Å². The Labute approximate surface area is 107 Å². The van der Waals surface area contributed by atoms with E-state index in [2.05, 4.69) is 19.8 Å². The van der Waals surface area contributed by atoms with E-state index < -0.39 is 0 Å². The Morgan fingerprint density at radius 1 is 0.882 bits per heavy atom. The second-order valence-electron chi connectivity index (χ2n) is 4.74. The van der Waals surface area contributed by atoms with Crippen molar-refractivity contribution in [2.24, 2.45) is 0 Å². The molecule has 17 heavy (non-hydrogen) atoms. The summed E-state index contributed by atoms with van der Waals surface area (Å²) in [6.45, 7) is 4.29. The molecule has 0 amide bonds. The Hall–Kier alpha value is -1.03. The van der Waals surface area contributed by atoms with E-state index >= 15 is 0 Å². The van der Waals surface area contributed by atoms with Crippen LogP contribution in [0.2, 0.25) is 5.15 Å². The predicted molar refractivity (Wildman–Crippen MR) is 69.9 cm³/mol. The molecule has 0 aliphatic carbocycles. The first-order valence-corrected chi connectivity index (χ1v) is 6.75. The first-order valence-electron chi connectivity index (χ1n) is 6.37. The molecule has 5 heteroatoms. The monoisotopic (exact) mass is 254 g/mol. The highest BCUT2D eigenvalue weighted by atomic mass is 35.5. The number of rotatable bonds is 2. The Morgan fingerprint density at radius 2 is 1.47 bits per heavy atom. The number of hydrogen-bond acceptors (Lipinski definition) is 4. The lowest BCUT2D eigenvalue weighted by molar-refractivity contribution is 0.871. The van der Waals surface area contributed by atoms with Gasteiger partial charge in [-0.05, 0) is 25.7 Å². The van der Waals surface area contributed by atoms with E-state index in [-0.39, 0.29) is 0 Å². The molecule has 0 atom stereocenters. The van der Waals surface area contributed by atoms with Crippen LogP contribution in [0, 0.1) is 0 Å². The molecule has 0 N–H and O–H groups in total. The van der Waals surface area contributed by atoms with Gasteiger partial charge in [0.05, 0.1) is 0 Å². The molecule has 2 fully saturated rings. The van der Waals surface area contributed by atoms with Gasteiger partial charge in [-0.2, -0.15) is 4.98 Å².